The normalized spacial score (nSPS) is 22.6. The Balaban J connectivity index is 1.64. The predicted octanol–water partition coefficient (Wildman–Crippen LogP) is 0.131. The van der Waals surface area contributed by atoms with Crippen LogP contribution in [0.25, 0.3) is 0 Å². The molecule has 0 bridgehead atoms. The Morgan fingerprint density at radius 1 is 0.950 bits per heavy atom. The fraction of sp³-hybridized carbons (Fsp3) is 0.800. The summed E-state index contributed by atoms with van der Waals surface area (Å²) in [4.78, 5) is 18.7. The molecule has 2 heterocycles. The predicted molar refractivity (Wildman–Crippen MR) is 81.5 cm³/mol. The molecule has 2 N–H and O–H groups in total. The average Bonchev–Trinajstić information content (AvgIpc) is 2.50. The molecule has 1 amide bonds. The molecule has 2 rings (SSSR count). The minimum Gasteiger partial charge on any atom is -0.339 e. The maximum Gasteiger partial charge on any atom is 0.246 e. The molecule has 0 saturated carbocycles. The first-order valence-corrected chi connectivity index (χ1v) is 7.90. The van der Waals surface area contributed by atoms with Gasteiger partial charge in [-0.1, -0.05) is 6.08 Å². The summed E-state index contributed by atoms with van der Waals surface area (Å²) in [6.45, 7) is 8.81. The lowest BCUT2D eigenvalue weighted by molar-refractivity contribution is -0.126. The summed E-state index contributed by atoms with van der Waals surface area (Å²) in [6.07, 6.45) is 7.36. The number of piperazine rings is 1. The second-order valence-corrected chi connectivity index (χ2v) is 5.72. The fourth-order valence-electron chi connectivity index (χ4n) is 2.90. The van der Waals surface area contributed by atoms with Gasteiger partial charge < -0.3 is 10.6 Å². The standard InChI is InChI=1S/C15H28N4O/c16-6-10-18-13-11-17(12-14-18)7-4-5-15(20)19-8-2-1-3-9-19/h4-5H,1-3,6-14,16H2/b5-4+. The van der Waals surface area contributed by atoms with Crippen LogP contribution in [0.5, 0.6) is 0 Å². The van der Waals surface area contributed by atoms with Gasteiger partial charge >= 0.3 is 0 Å². The molecule has 0 spiro atoms. The quantitative estimate of drug-likeness (QED) is 0.728. The number of piperidine rings is 1. The third kappa shape index (κ3) is 4.89. The summed E-state index contributed by atoms with van der Waals surface area (Å²) in [7, 11) is 0. The minimum absolute atomic E-state index is 0.187. The zero-order valence-corrected chi connectivity index (χ0v) is 12.5. The number of carbonyl (C=O) groups excluding carboxylic acids is 1. The molecule has 0 aromatic rings. The van der Waals surface area contributed by atoms with E-state index < -0.39 is 0 Å². The molecule has 0 aromatic carbocycles. The molecule has 5 nitrogen and oxygen atoms in total. The smallest absolute Gasteiger partial charge is 0.246 e. The Morgan fingerprint density at radius 2 is 1.60 bits per heavy atom. The molecular formula is C15H28N4O. The van der Waals surface area contributed by atoms with Crippen LogP contribution >= 0.6 is 0 Å². The number of likely N-dealkylation sites (tertiary alicyclic amines) is 1. The van der Waals surface area contributed by atoms with E-state index in [2.05, 4.69) is 9.80 Å². The van der Waals surface area contributed by atoms with E-state index in [0.717, 1.165) is 71.7 Å². The maximum atomic E-state index is 12.0. The topological polar surface area (TPSA) is 52.8 Å². The minimum atomic E-state index is 0.187. The Bertz CT molecular complexity index is 318. The van der Waals surface area contributed by atoms with Gasteiger partial charge in [-0.05, 0) is 19.3 Å². The van der Waals surface area contributed by atoms with Crippen molar-refractivity contribution in [1.29, 1.82) is 0 Å². The first-order chi connectivity index (χ1) is 9.79. The Kier molecular flexibility index (Phi) is 6.50. The number of rotatable bonds is 5. The highest BCUT2D eigenvalue weighted by atomic mass is 16.2. The van der Waals surface area contributed by atoms with Crippen molar-refractivity contribution in [3.05, 3.63) is 12.2 Å². The van der Waals surface area contributed by atoms with Crippen molar-refractivity contribution in [3.8, 4) is 0 Å². The molecule has 20 heavy (non-hydrogen) atoms. The van der Waals surface area contributed by atoms with Crippen LogP contribution in [0.4, 0.5) is 0 Å². The van der Waals surface area contributed by atoms with E-state index in [1.54, 1.807) is 6.08 Å². The third-order valence-electron chi connectivity index (χ3n) is 4.20. The largest absolute Gasteiger partial charge is 0.339 e. The van der Waals surface area contributed by atoms with Gasteiger partial charge in [-0.2, -0.15) is 0 Å². The molecule has 0 atom stereocenters. The van der Waals surface area contributed by atoms with E-state index in [0.29, 0.717) is 0 Å². The summed E-state index contributed by atoms with van der Waals surface area (Å²) in [5.74, 6) is 0.187. The molecule has 0 unspecified atom stereocenters. The van der Waals surface area contributed by atoms with Crippen molar-refractivity contribution in [2.24, 2.45) is 5.73 Å². The van der Waals surface area contributed by atoms with Crippen LogP contribution in [0.2, 0.25) is 0 Å². The molecule has 2 fully saturated rings. The molecule has 114 valence electrons. The van der Waals surface area contributed by atoms with Crippen LogP contribution < -0.4 is 5.73 Å². The highest BCUT2D eigenvalue weighted by Crippen LogP contribution is 2.09. The average molecular weight is 280 g/mol. The van der Waals surface area contributed by atoms with Crippen LogP contribution in [0, 0.1) is 0 Å². The fourth-order valence-corrected chi connectivity index (χ4v) is 2.90. The molecule has 2 saturated heterocycles. The highest BCUT2D eigenvalue weighted by molar-refractivity contribution is 5.87. The second kappa shape index (κ2) is 8.39. The zero-order valence-electron chi connectivity index (χ0n) is 12.5. The van der Waals surface area contributed by atoms with E-state index in [4.69, 9.17) is 5.73 Å². The molecule has 0 aliphatic carbocycles. The van der Waals surface area contributed by atoms with E-state index in [-0.39, 0.29) is 5.91 Å². The Morgan fingerprint density at radius 3 is 2.25 bits per heavy atom. The van der Waals surface area contributed by atoms with Gasteiger partial charge in [-0.3, -0.25) is 14.6 Å². The van der Waals surface area contributed by atoms with Crippen molar-refractivity contribution >= 4 is 5.91 Å². The lowest BCUT2D eigenvalue weighted by Gasteiger charge is -2.33. The maximum absolute atomic E-state index is 12.0. The van der Waals surface area contributed by atoms with Crippen LogP contribution in [0.3, 0.4) is 0 Å². The summed E-state index contributed by atoms with van der Waals surface area (Å²) in [5, 5.41) is 0. The van der Waals surface area contributed by atoms with Gasteiger partial charge in [0.1, 0.15) is 0 Å². The summed E-state index contributed by atoms with van der Waals surface area (Å²) in [5.41, 5.74) is 5.57. The van der Waals surface area contributed by atoms with Gasteiger partial charge in [0.15, 0.2) is 0 Å². The van der Waals surface area contributed by atoms with Crippen molar-refractivity contribution in [2.75, 3.05) is 58.9 Å². The van der Waals surface area contributed by atoms with Gasteiger partial charge in [-0.25, -0.2) is 0 Å². The summed E-state index contributed by atoms with van der Waals surface area (Å²) >= 11 is 0. The van der Waals surface area contributed by atoms with Crippen molar-refractivity contribution < 1.29 is 4.79 Å². The van der Waals surface area contributed by atoms with Gasteiger partial charge in [0.2, 0.25) is 5.91 Å². The van der Waals surface area contributed by atoms with Crippen LogP contribution in [0.1, 0.15) is 19.3 Å². The Labute approximate surface area is 122 Å². The first kappa shape index (κ1) is 15.5. The number of amides is 1. The Hall–Kier alpha value is -0.910. The lowest BCUT2D eigenvalue weighted by atomic mass is 10.1. The first-order valence-electron chi connectivity index (χ1n) is 7.90. The highest BCUT2D eigenvalue weighted by Gasteiger charge is 2.16. The van der Waals surface area contributed by atoms with E-state index in [1.807, 2.05) is 11.0 Å². The van der Waals surface area contributed by atoms with Gasteiger partial charge in [0.05, 0.1) is 0 Å². The van der Waals surface area contributed by atoms with Crippen molar-refractivity contribution in [3.63, 3.8) is 0 Å². The molecular weight excluding hydrogens is 252 g/mol. The molecule has 2 aliphatic heterocycles. The number of hydrogen-bond acceptors (Lipinski definition) is 4. The summed E-state index contributed by atoms with van der Waals surface area (Å²) in [6, 6.07) is 0. The van der Waals surface area contributed by atoms with E-state index in [9.17, 15) is 4.79 Å². The second-order valence-electron chi connectivity index (χ2n) is 5.72. The number of hydrogen-bond donors (Lipinski definition) is 1. The van der Waals surface area contributed by atoms with Crippen LogP contribution in [-0.4, -0.2) is 79.5 Å². The zero-order chi connectivity index (χ0) is 14.2. The monoisotopic (exact) mass is 280 g/mol. The van der Waals surface area contributed by atoms with Crippen molar-refractivity contribution in [2.45, 2.75) is 19.3 Å². The van der Waals surface area contributed by atoms with Gasteiger partial charge in [0.25, 0.3) is 0 Å². The number of nitrogens with zero attached hydrogens (tertiary/aromatic N) is 3. The molecule has 5 heteroatoms. The molecule has 2 aliphatic rings. The third-order valence-corrected chi connectivity index (χ3v) is 4.20. The number of nitrogens with two attached hydrogens (primary N) is 1. The molecule has 0 radical (unpaired) electrons. The van der Waals surface area contributed by atoms with Crippen LogP contribution in [-0.2, 0) is 4.79 Å². The van der Waals surface area contributed by atoms with Gasteiger partial charge in [-0.15, -0.1) is 0 Å². The van der Waals surface area contributed by atoms with E-state index in [1.165, 1.54) is 6.42 Å². The SMILES string of the molecule is NCCN1CCN(C/C=C/C(=O)N2CCCCC2)CC1. The van der Waals surface area contributed by atoms with Crippen molar-refractivity contribution in [1.82, 2.24) is 14.7 Å². The molecule has 0 aromatic heterocycles. The van der Waals surface area contributed by atoms with E-state index >= 15 is 0 Å². The van der Waals surface area contributed by atoms with Crippen LogP contribution in [0.15, 0.2) is 12.2 Å². The summed E-state index contributed by atoms with van der Waals surface area (Å²) < 4.78 is 0. The van der Waals surface area contributed by atoms with Gasteiger partial charge in [0, 0.05) is 65.0 Å². The number of carbonyl (C=O) groups is 1. The lowest BCUT2D eigenvalue weighted by Crippen LogP contribution is -2.47.